The summed E-state index contributed by atoms with van der Waals surface area (Å²) in [4.78, 5) is 16.5. The van der Waals surface area contributed by atoms with E-state index in [9.17, 15) is 27.5 Å². The van der Waals surface area contributed by atoms with Crippen molar-refractivity contribution in [3.8, 4) is 22.4 Å². The molecule has 0 N–H and O–H groups in total. The number of hydrogen-bond acceptors (Lipinski definition) is 3. The number of carboxylic acids is 1. The summed E-state index contributed by atoms with van der Waals surface area (Å²) in [5.41, 5.74) is 2.28. The number of carbonyl (C=O) groups is 1. The first-order valence-electron chi connectivity index (χ1n) is 9.87. The molecule has 8 heteroatoms. The van der Waals surface area contributed by atoms with Gasteiger partial charge < -0.3 is 9.90 Å². The molecular weight excluding hydrogens is 445 g/mol. The first-order valence-corrected chi connectivity index (χ1v) is 9.87. The molecule has 0 radical (unpaired) electrons. The van der Waals surface area contributed by atoms with Gasteiger partial charge in [-0.1, -0.05) is 36.4 Å². The maximum absolute atomic E-state index is 13.8. The Morgan fingerprint density at radius 1 is 0.939 bits per heavy atom. The van der Waals surface area contributed by atoms with Crippen LogP contribution < -0.4 is 34.7 Å². The molecular formula is C25H14F4NNaO2. The van der Waals surface area contributed by atoms with E-state index in [1.165, 1.54) is 24.3 Å². The fraction of sp³-hybridized carbons (Fsp3) is 0.120. The zero-order valence-electron chi connectivity index (χ0n) is 17.5. The van der Waals surface area contributed by atoms with Gasteiger partial charge in [-0.3, -0.25) is 0 Å². The predicted octanol–water partition coefficient (Wildman–Crippen LogP) is 2.19. The largest absolute Gasteiger partial charge is 1.00 e. The molecule has 0 bridgehead atoms. The van der Waals surface area contributed by atoms with Crippen molar-refractivity contribution in [2.45, 2.75) is 19.0 Å². The first kappa shape index (κ1) is 23.4. The number of nitrogens with zero attached hydrogens (tertiary/aromatic N) is 1. The maximum atomic E-state index is 13.8. The van der Waals surface area contributed by atoms with Crippen LogP contribution in [0.1, 0.15) is 27.0 Å². The van der Waals surface area contributed by atoms with Gasteiger partial charge in [0.25, 0.3) is 0 Å². The van der Waals surface area contributed by atoms with Gasteiger partial charge in [-0.25, -0.2) is 9.37 Å². The molecule has 0 amide bonds. The van der Waals surface area contributed by atoms with Crippen LogP contribution in [0, 0.1) is 5.82 Å². The molecule has 3 aromatic carbocycles. The number of pyridine rings is 1. The van der Waals surface area contributed by atoms with Crippen LogP contribution in [-0.4, -0.2) is 11.0 Å². The second-order valence-electron chi connectivity index (χ2n) is 7.68. The number of alkyl halides is 3. The van der Waals surface area contributed by atoms with Crippen molar-refractivity contribution < 1.29 is 57.0 Å². The maximum Gasteiger partial charge on any atom is 1.00 e. The quantitative estimate of drug-likeness (QED) is 0.341. The van der Waals surface area contributed by atoms with Crippen molar-refractivity contribution in [2.24, 2.45) is 0 Å². The molecule has 1 aromatic heterocycles. The van der Waals surface area contributed by atoms with Gasteiger partial charge in [0.05, 0.1) is 22.7 Å². The Morgan fingerprint density at radius 3 is 2.42 bits per heavy atom. The van der Waals surface area contributed by atoms with Crippen LogP contribution in [0.25, 0.3) is 33.3 Å². The number of carbonyl (C=O) groups excluding carboxylic acids is 1. The van der Waals surface area contributed by atoms with Gasteiger partial charge in [-0.2, -0.15) is 13.2 Å². The Kier molecular flexibility index (Phi) is 6.07. The number of aromatic nitrogens is 1. The van der Waals surface area contributed by atoms with E-state index in [1.807, 2.05) is 0 Å². The van der Waals surface area contributed by atoms with Gasteiger partial charge in [-0.05, 0) is 59.4 Å². The number of benzene rings is 3. The van der Waals surface area contributed by atoms with Crippen LogP contribution in [0.5, 0.6) is 0 Å². The van der Waals surface area contributed by atoms with Crippen LogP contribution in [-0.2, 0) is 19.0 Å². The van der Waals surface area contributed by atoms with Crippen LogP contribution in [0.2, 0.25) is 0 Å². The van der Waals surface area contributed by atoms with E-state index >= 15 is 0 Å². The Labute approximate surface area is 208 Å². The fourth-order valence-electron chi connectivity index (χ4n) is 4.42. The summed E-state index contributed by atoms with van der Waals surface area (Å²) < 4.78 is 54.2. The van der Waals surface area contributed by atoms with Gasteiger partial charge in [0.15, 0.2) is 0 Å². The molecule has 1 heterocycles. The number of aryl methyl sites for hydroxylation is 1. The second kappa shape index (κ2) is 8.56. The monoisotopic (exact) mass is 459 g/mol. The Morgan fingerprint density at radius 2 is 1.70 bits per heavy atom. The summed E-state index contributed by atoms with van der Waals surface area (Å²) in [6, 6.07) is 14.0. The predicted molar refractivity (Wildman–Crippen MR) is 109 cm³/mol. The van der Waals surface area contributed by atoms with Gasteiger partial charge in [0, 0.05) is 16.5 Å². The fourth-order valence-corrected chi connectivity index (χ4v) is 4.42. The standard InChI is InChI=1S/C25H15F4NO2.Na/c26-15-7-10-21-19(12-15)22(24(31)32)18-9-6-14-11-13(5-8-17(14)23(18)30-21)16-3-1-2-4-20(16)25(27,28)29;/h1-5,7-8,10-12H,6,9H2,(H,31,32);/q;+1/p-1. The summed E-state index contributed by atoms with van der Waals surface area (Å²) in [6.07, 6.45) is -3.78. The molecule has 0 fully saturated rings. The van der Waals surface area contributed by atoms with Crippen LogP contribution in [0.4, 0.5) is 17.6 Å². The molecule has 0 atom stereocenters. The molecule has 0 unspecified atom stereocenters. The zero-order valence-corrected chi connectivity index (χ0v) is 19.5. The average molecular weight is 459 g/mol. The van der Waals surface area contributed by atoms with Crippen LogP contribution in [0.3, 0.4) is 0 Å². The molecule has 4 aromatic rings. The average Bonchev–Trinajstić information content (AvgIpc) is 2.76. The second-order valence-corrected chi connectivity index (χ2v) is 7.68. The third kappa shape index (κ3) is 4.05. The third-order valence-corrected chi connectivity index (χ3v) is 5.80. The van der Waals surface area contributed by atoms with E-state index in [2.05, 4.69) is 4.98 Å². The number of halogens is 4. The summed E-state index contributed by atoms with van der Waals surface area (Å²) >= 11 is 0. The van der Waals surface area contributed by atoms with E-state index < -0.39 is 23.5 Å². The van der Waals surface area contributed by atoms with Crippen molar-refractivity contribution >= 4 is 16.9 Å². The van der Waals surface area contributed by atoms with Gasteiger partial charge in [-0.15, -0.1) is 0 Å². The van der Waals surface area contributed by atoms with Crippen molar-refractivity contribution in [1.82, 2.24) is 4.98 Å². The molecule has 1 aliphatic rings. The van der Waals surface area contributed by atoms with Crippen molar-refractivity contribution in [3.05, 3.63) is 88.7 Å². The molecule has 5 rings (SSSR count). The SMILES string of the molecule is O=C([O-])c1c2c(nc3ccc(F)cc13)-c1ccc(-c3ccccc3C(F)(F)F)cc1CC2.[Na+]. The van der Waals surface area contributed by atoms with Gasteiger partial charge in [0.2, 0.25) is 0 Å². The number of hydrogen-bond donors (Lipinski definition) is 0. The Bertz CT molecular complexity index is 1420. The minimum absolute atomic E-state index is 0. The molecule has 33 heavy (non-hydrogen) atoms. The number of fused-ring (bicyclic) bond motifs is 4. The topological polar surface area (TPSA) is 53.0 Å². The summed E-state index contributed by atoms with van der Waals surface area (Å²) in [6.45, 7) is 0. The molecule has 0 aliphatic heterocycles. The summed E-state index contributed by atoms with van der Waals surface area (Å²) in [5, 5.41) is 12.1. The molecule has 0 saturated carbocycles. The number of rotatable bonds is 2. The van der Waals surface area contributed by atoms with E-state index in [0.29, 0.717) is 40.7 Å². The first-order chi connectivity index (χ1) is 15.2. The van der Waals surface area contributed by atoms with E-state index in [4.69, 9.17) is 0 Å². The molecule has 1 aliphatic carbocycles. The van der Waals surface area contributed by atoms with Crippen LogP contribution in [0.15, 0.2) is 60.7 Å². The van der Waals surface area contributed by atoms with Crippen molar-refractivity contribution in [2.75, 3.05) is 0 Å². The van der Waals surface area contributed by atoms with Crippen molar-refractivity contribution in [3.63, 3.8) is 0 Å². The molecule has 3 nitrogen and oxygen atoms in total. The third-order valence-electron chi connectivity index (χ3n) is 5.80. The van der Waals surface area contributed by atoms with E-state index in [1.54, 1.807) is 24.3 Å². The summed E-state index contributed by atoms with van der Waals surface area (Å²) in [7, 11) is 0. The minimum Gasteiger partial charge on any atom is -0.545 e. The zero-order chi connectivity index (χ0) is 22.6. The summed E-state index contributed by atoms with van der Waals surface area (Å²) in [5.74, 6) is -2.00. The molecule has 0 spiro atoms. The van der Waals surface area contributed by atoms with E-state index in [-0.39, 0.29) is 46.1 Å². The van der Waals surface area contributed by atoms with Gasteiger partial charge >= 0.3 is 35.7 Å². The molecule has 160 valence electrons. The Balaban J connectivity index is 0.00000259. The van der Waals surface area contributed by atoms with E-state index in [0.717, 1.165) is 17.7 Å². The van der Waals surface area contributed by atoms with Crippen LogP contribution >= 0.6 is 0 Å². The van der Waals surface area contributed by atoms with Crippen molar-refractivity contribution in [1.29, 1.82) is 0 Å². The van der Waals surface area contributed by atoms with Gasteiger partial charge in [0.1, 0.15) is 5.82 Å². The minimum atomic E-state index is -4.49. The Hall–Kier alpha value is -2.74. The normalized spacial score (nSPS) is 12.6. The number of aromatic carboxylic acids is 1. The number of carboxylic acid groups (broad SMARTS) is 1. The molecule has 0 saturated heterocycles. The smallest absolute Gasteiger partial charge is 0.545 e.